The lowest BCUT2D eigenvalue weighted by atomic mass is 9.89. The molecule has 1 amide bonds. The summed E-state index contributed by atoms with van der Waals surface area (Å²) in [6.07, 6.45) is 1.88. The molecule has 2 aromatic rings. The number of nitrogens with zero attached hydrogens (tertiary/aromatic N) is 1. The van der Waals surface area contributed by atoms with Crippen LogP contribution in [0.3, 0.4) is 0 Å². The van der Waals surface area contributed by atoms with Crippen molar-refractivity contribution in [1.29, 1.82) is 0 Å². The first-order valence-corrected chi connectivity index (χ1v) is 9.41. The van der Waals surface area contributed by atoms with E-state index in [1.54, 1.807) is 37.4 Å². The van der Waals surface area contributed by atoms with Gasteiger partial charge >= 0.3 is 0 Å². The first-order chi connectivity index (χ1) is 13.0. The first kappa shape index (κ1) is 19.1. The van der Waals surface area contributed by atoms with Crippen molar-refractivity contribution in [2.75, 3.05) is 20.2 Å². The fourth-order valence-electron chi connectivity index (χ4n) is 3.50. The molecule has 5 heteroatoms. The largest absolute Gasteiger partial charge is 0.508 e. The average molecular weight is 369 g/mol. The van der Waals surface area contributed by atoms with Gasteiger partial charge < -0.3 is 19.5 Å². The van der Waals surface area contributed by atoms with Crippen LogP contribution in [0.15, 0.2) is 42.5 Å². The van der Waals surface area contributed by atoms with Crippen LogP contribution in [0.4, 0.5) is 0 Å². The summed E-state index contributed by atoms with van der Waals surface area (Å²) in [4.78, 5) is 14.8. The molecule has 3 rings (SSSR count). The summed E-state index contributed by atoms with van der Waals surface area (Å²) < 4.78 is 11.1. The topological polar surface area (TPSA) is 59.0 Å². The minimum Gasteiger partial charge on any atom is -0.508 e. The second kappa shape index (κ2) is 8.33. The molecule has 27 heavy (non-hydrogen) atoms. The Labute approximate surface area is 160 Å². The van der Waals surface area contributed by atoms with Crippen LogP contribution in [-0.4, -0.2) is 42.2 Å². The zero-order valence-corrected chi connectivity index (χ0v) is 16.1. The van der Waals surface area contributed by atoms with Crippen molar-refractivity contribution in [2.24, 2.45) is 0 Å². The van der Waals surface area contributed by atoms with E-state index in [4.69, 9.17) is 9.47 Å². The molecule has 1 fully saturated rings. The summed E-state index contributed by atoms with van der Waals surface area (Å²) in [6, 6.07) is 12.7. The van der Waals surface area contributed by atoms with E-state index in [0.29, 0.717) is 23.0 Å². The van der Waals surface area contributed by atoms with Crippen LogP contribution < -0.4 is 9.47 Å². The maximum absolute atomic E-state index is 12.9. The molecule has 0 aromatic heterocycles. The molecule has 1 aliphatic heterocycles. The molecule has 0 unspecified atom stereocenters. The summed E-state index contributed by atoms with van der Waals surface area (Å²) >= 11 is 0. The Morgan fingerprint density at radius 2 is 1.74 bits per heavy atom. The molecular formula is C22H27NO4. The Morgan fingerprint density at radius 1 is 1.07 bits per heavy atom. The van der Waals surface area contributed by atoms with Gasteiger partial charge in [-0.3, -0.25) is 4.79 Å². The number of rotatable bonds is 5. The number of aromatic hydroxyl groups is 1. The standard InChI is InChI=1S/C22H27NO4/c1-15(2)27-20-9-6-18(14-21(20)26-3)22(25)23-12-10-17(11-13-23)16-4-7-19(24)8-5-16/h4-9,14-15,17,24H,10-13H2,1-3H3. The van der Waals surface area contributed by atoms with E-state index in [-0.39, 0.29) is 17.8 Å². The van der Waals surface area contributed by atoms with Gasteiger partial charge in [-0.05, 0) is 68.5 Å². The Kier molecular flexibility index (Phi) is 5.89. The van der Waals surface area contributed by atoms with Crippen molar-refractivity contribution in [1.82, 2.24) is 4.90 Å². The highest BCUT2D eigenvalue weighted by Gasteiger charge is 2.25. The van der Waals surface area contributed by atoms with E-state index in [1.165, 1.54) is 5.56 Å². The van der Waals surface area contributed by atoms with Crippen LogP contribution in [0.25, 0.3) is 0 Å². The summed E-state index contributed by atoms with van der Waals surface area (Å²) in [5.41, 5.74) is 1.84. The van der Waals surface area contributed by atoms with Gasteiger partial charge in [0, 0.05) is 18.7 Å². The molecule has 1 saturated heterocycles. The third-order valence-corrected chi connectivity index (χ3v) is 4.92. The molecule has 5 nitrogen and oxygen atoms in total. The van der Waals surface area contributed by atoms with Crippen molar-refractivity contribution < 1.29 is 19.4 Å². The summed E-state index contributed by atoms with van der Waals surface area (Å²) in [7, 11) is 1.58. The Balaban J connectivity index is 1.66. The number of likely N-dealkylation sites (tertiary alicyclic amines) is 1. The average Bonchev–Trinajstić information content (AvgIpc) is 2.68. The van der Waals surface area contributed by atoms with Gasteiger partial charge in [0.2, 0.25) is 0 Å². The van der Waals surface area contributed by atoms with Gasteiger partial charge in [0.15, 0.2) is 11.5 Å². The molecule has 0 bridgehead atoms. The van der Waals surface area contributed by atoms with E-state index in [2.05, 4.69) is 0 Å². The predicted octanol–water partition coefficient (Wildman–Crippen LogP) is 4.21. The van der Waals surface area contributed by atoms with Crippen LogP contribution in [0, 0.1) is 0 Å². The third kappa shape index (κ3) is 4.54. The number of carbonyl (C=O) groups is 1. The van der Waals surface area contributed by atoms with Crippen LogP contribution >= 0.6 is 0 Å². The third-order valence-electron chi connectivity index (χ3n) is 4.92. The van der Waals surface area contributed by atoms with E-state index in [9.17, 15) is 9.90 Å². The highest BCUT2D eigenvalue weighted by atomic mass is 16.5. The number of benzene rings is 2. The Hall–Kier alpha value is -2.69. The molecule has 0 radical (unpaired) electrons. The second-order valence-corrected chi connectivity index (χ2v) is 7.19. The molecule has 1 aliphatic rings. The number of methoxy groups -OCH3 is 1. The fourth-order valence-corrected chi connectivity index (χ4v) is 3.50. The maximum atomic E-state index is 12.9. The number of hydrogen-bond acceptors (Lipinski definition) is 4. The minimum absolute atomic E-state index is 0.0218. The molecule has 2 aromatic carbocycles. The number of piperidine rings is 1. The normalized spacial score (nSPS) is 15.0. The number of carbonyl (C=O) groups excluding carboxylic acids is 1. The van der Waals surface area contributed by atoms with Crippen molar-refractivity contribution in [3.63, 3.8) is 0 Å². The Bertz CT molecular complexity index is 777. The molecule has 0 spiro atoms. The maximum Gasteiger partial charge on any atom is 0.253 e. The van der Waals surface area contributed by atoms with E-state index in [1.807, 2.05) is 30.9 Å². The van der Waals surface area contributed by atoms with Crippen molar-refractivity contribution in [2.45, 2.75) is 38.7 Å². The zero-order chi connectivity index (χ0) is 19.4. The van der Waals surface area contributed by atoms with Crippen molar-refractivity contribution in [3.8, 4) is 17.2 Å². The van der Waals surface area contributed by atoms with Crippen molar-refractivity contribution >= 4 is 5.91 Å². The van der Waals surface area contributed by atoms with E-state index >= 15 is 0 Å². The molecule has 0 saturated carbocycles. The second-order valence-electron chi connectivity index (χ2n) is 7.19. The molecule has 144 valence electrons. The minimum atomic E-state index is 0.0218. The quantitative estimate of drug-likeness (QED) is 0.858. The lowest BCUT2D eigenvalue weighted by Crippen LogP contribution is -2.37. The molecule has 0 aliphatic carbocycles. The van der Waals surface area contributed by atoms with E-state index in [0.717, 1.165) is 25.9 Å². The van der Waals surface area contributed by atoms with Gasteiger partial charge in [0.25, 0.3) is 5.91 Å². The Morgan fingerprint density at radius 3 is 2.33 bits per heavy atom. The summed E-state index contributed by atoms with van der Waals surface area (Å²) in [6.45, 7) is 5.35. The SMILES string of the molecule is COc1cc(C(=O)N2CCC(c3ccc(O)cc3)CC2)ccc1OC(C)C. The molecule has 0 atom stereocenters. The predicted molar refractivity (Wildman–Crippen MR) is 105 cm³/mol. The van der Waals surface area contributed by atoms with Gasteiger partial charge in [-0.15, -0.1) is 0 Å². The van der Waals surface area contributed by atoms with Gasteiger partial charge in [-0.2, -0.15) is 0 Å². The molecule has 1 heterocycles. The smallest absolute Gasteiger partial charge is 0.253 e. The highest BCUT2D eigenvalue weighted by molar-refractivity contribution is 5.95. The van der Waals surface area contributed by atoms with Gasteiger partial charge in [-0.1, -0.05) is 12.1 Å². The van der Waals surface area contributed by atoms with Crippen molar-refractivity contribution in [3.05, 3.63) is 53.6 Å². The summed E-state index contributed by atoms with van der Waals surface area (Å²) in [5, 5.41) is 9.43. The zero-order valence-electron chi connectivity index (χ0n) is 16.1. The number of amides is 1. The lowest BCUT2D eigenvalue weighted by molar-refractivity contribution is 0.0712. The van der Waals surface area contributed by atoms with Gasteiger partial charge in [-0.25, -0.2) is 0 Å². The lowest BCUT2D eigenvalue weighted by Gasteiger charge is -2.32. The highest BCUT2D eigenvalue weighted by Crippen LogP contribution is 2.32. The fraction of sp³-hybridized carbons (Fsp3) is 0.409. The summed E-state index contributed by atoms with van der Waals surface area (Å²) in [5.74, 6) is 1.95. The van der Waals surface area contributed by atoms with Crippen LogP contribution in [0.2, 0.25) is 0 Å². The number of ether oxygens (including phenoxy) is 2. The number of hydrogen-bond donors (Lipinski definition) is 1. The van der Waals surface area contributed by atoms with E-state index < -0.39 is 0 Å². The number of phenols is 1. The van der Waals surface area contributed by atoms with Gasteiger partial charge in [0.05, 0.1) is 13.2 Å². The monoisotopic (exact) mass is 369 g/mol. The molecule has 1 N–H and O–H groups in total. The van der Waals surface area contributed by atoms with Crippen LogP contribution in [-0.2, 0) is 0 Å². The number of phenolic OH excluding ortho intramolecular Hbond substituents is 1. The molecular weight excluding hydrogens is 342 g/mol. The van der Waals surface area contributed by atoms with Crippen LogP contribution in [0.5, 0.6) is 17.2 Å². The van der Waals surface area contributed by atoms with Gasteiger partial charge in [0.1, 0.15) is 5.75 Å². The first-order valence-electron chi connectivity index (χ1n) is 9.41. The van der Waals surface area contributed by atoms with Crippen LogP contribution in [0.1, 0.15) is 48.5 Å².